The van der Waals surface area contributed by atoms with Crippen molar-refractivity contribution >= 4 is 17.5 Å². The minimum absolute atomic E-state index is 0.0228. The zero-order valence-electron chi connectivity index (χ0n) is 18.5. The Hall–Kier alpha value is -1.57. The summed E-state index contributed by atoms with van der Waals surface area (Å²) in [5, 5.41) is 42.1. The van der Waals surface area contributed by atoms with E-state index in [0.717, 1.165) is 12.0 Å². The summed E-state index contributed by atoms with van der Waals surface area (Å²) in [6, 6.07) is 0. The van der Waals surface area contributed by atoms with Gasteiger partial charge in [-0.1, -0.05) is 26.3 Å². The van der Waals surface area contributed by atoms with Gasteiger partial charge in [0, 0.05) is 11.8 Å². The number of aliphatic hydroxyl groups is 3. The lowest BCUT2D eigenvalue weighted by atomic mass is 9.44. The molecule has 4 N–H and O–H groups in total. The molecule has 0 heterocycles. The SMILES string of the molecule is C[C@H]1C[C@@H]2[C@H]([C@@H](O)C[C@@]3(C)[C@H]2CC[C@]3(O)C(=O)C(O)CC(=O)O)[C@@]2(C)CCC(=O)C=C12. The molecule has 4 aliphatic carbocycles. The van der Waals surface area contributed by atoms with E-state index in [1.54, 1.807) is 6.08 Å². The summed E-state index contributed by atoms with van der Waals surface area (Å²) in [4.78, 5) is 36.1. The number of hydrogen-bond acceptors (Lipinski definition) is 6. The average molecular weight is 435 g/mol. The monoisotopic (exact) mass is 434 g/mol. The van der Waals surface area contributed by atoms with E-state index >= 15 is 0 Å². The van der Waals surface area contributed by atoms with E-state index < -0.39 is 41.4 Å². The quantitative estimate of drug-likeness (QED) is 0.531. The van der Waals surface area contributed by atoms with E-state index in [0.29, 0.717) is 19.3 Å². The summed E-state index contributed by atoms with van der Waals surface area (Å²) >= 11 is 0. The van der Waals surface area contributed by atoms with Gasteiger partial charge in [0.2, 0.25) is 0 Å². The molecular formula is C24H34O7. The molecule has 0 aromatic carbocycles. The number of aliphatic carboxylic acids is 1. The zero-order valence-corrected chi connectivity index (χ0v) is 18.5. The number of carboxylic acid groups (broad SMARTS) is 1. The summed E-state index contributed by atoms with van der Waals surface area (Å²) in [7, 11) is 0. The van der Waals surface area contributed by atoms with Crippen molar-refractivity contribution in [3.8, 4) is 0 Å². The van der Waals surface area contributed by atoms with Crippen molar-refractivity contribution in [2.45, 2.75) is 83.5 Å². The number of fused-ring (bicyclic) bond motifs is 5. The standard InChI is InChI=1S/C24H34O7/c1-12-8-14-15-5-7-24(31,21(30)17(26)10-19(28)29)23(15,3)11-18(27)20(14)22(2)6-4-13(25)9-16(12)22/h9,12,14-15,17-18,20,26-27,31H,4-8,10-11H2,1-3H3,(H,28,29)/t12-,14-,15-,17?,18-,20+,22-,23-,24-/m0/s1. The van der Waals surface area contributed by atoms with Crippen LogP contribution in [0.4, 0.5) is 0 Å². The number of hydrogen-bond donors (Lipinski definition) is 4. The van der Waals surface area contributed by atoms with Crippen LogP contribution >= 0.6 is 0 Å². The number of rotatable bonds is 4. The Morgan fingerprint density at radius 2 is 1.94 bits per heavy atom. The van der Waals surface area contributed by atoms with E-state index in [2.05, 4.69) is 13.8 Å². The van der Waals surface area contributed by atoms with E-state index in [1.165, 1.54) is 0 Å². The van der Waals surface area contributed by atoms with Crippen molar-refractivity contribution in [3.05, 3.63) is 11.6 Å². The van der Waals surface area contributed by atoms with Gasteiger partial charge in [-0.05, 0) is 67.3 Å². The van der Waals surface area contributed by atoms with Gasteiger partial charge < -0.3 is 20.4 Å². The van der Waals surface area contributed by atoms with Gasteiger partial charge in [0.25, 0.3) is 0 Å². The van der Waals surface area contributed by atoms with Gasteiger partial charge in [-0.25, -0.2) is 0 Å². The molecule has 3 fully saturated rings. The van der Waals surface area contributed by atoms with Gasteiger partial charge in [0.1, 0.15) is 11.7 Å². The van der Waals surface area contributed by atoms with Crippen LogP contribution in [0.5, 0.6) is 0 Å². The third kappa shape index (κ3) is 3.07. The maximum absolute atomic E-state index is 13.0. The molecule has 0 aromatic heterocycles. The smallest absolute Gasteiger partial charge is 0.306 e. The second-order valence-electron chi connectivity index (χ2n) is 11.0. The summed E-state index contributed by atoms with van der Waals surface area (Å²) in [6.45, 7) is 6.08. The molecule has 7 heteroatoms. The maximum atomic E-state index is 13.0. The summed E-state index contributed by atoms with van der Waals surface area (Å²) in [6.07, 6.45) is 1.42. The van der Waals surface area contributed by atoms with Crippen LogP contribution in [0, 0.1) is 34.5 Å². The van der Waals surface area contributed by atoms with Crippen LogP contribution < -0.4 is 0 Å². The zero-order chi connectivity index (χ0) is 22.9. The predicted molar refractivity (Wildman–Crippen MR) is 111 cm³/mol. The molecule has 31 heavy (non-hydrogen) atoms. The first kappa shape index (κ1) is 22.6. The number of ketones is 2. The Bertz CT molecular complexity index is 849. The molecule has 9 atom stereocenters. The minimum atomic E-state index is -1.86. The molecule has 0 aliphatic heterocycles. The molecular weight excluding hydrogens is 400 g/mol. The largest absolute Gasteiger partial charge is 0.481 e. The Kier molecular flexibility index (Phi) is 5.27. The third-order valence-electron chi connectivity index (χ3n) is 9.44. The number of carbonyl (C=O) groups is 3. The van der Waals surface area contributed by atoms with Crippen LogP contribution in [-0.4, -0.2) is 55.8 Å². The number of carboxylic acids is 1. The van der Waals surface area contributed by atoms with Crippen LogP contribution in [0.25, 0.3) is 0 Å². The number of allylic oxidation sites excluding steroid dienone is 1. The number of aliphatic hydroxyl groups excluding tert-OH is 2. The highest BCUT2D eigenvalue weighted by atomic mass is 16.4. The molecule has 3 saturated carbocycles. The van der Waals surface area contributed by atoms with Crippen LogP contribution in [0.2, 0.25) is 0 Å². The molecule has 0 spiro atoms. The van der Waals surface area contributed by atoms with Gasteiger partial charge in [-0.2, -0.15) is 0 Å². The Labute approximate surface area is 182 Å². The fourth-order valence-electron chi connectivity index (χ4n) is 8.06. The molecule has 4 aliphatic rings. The van der Waals surface area contributed by atoms with Gasteiger partial charge in [-0.3, -0.25) is 14.4 Å². The molecule has 4 rings (SSSR count). The summed E-state index contributed by atoms with van der Waals surface area (Å²) in [5.41, 5.74) is -1.97. The molecule has 0 amide bonds. The second-order valence-corrected chi connectivity index (χ2v) is 11.0. The van der Waals surface area contributed by atoms with Crippen molar-refractivity contribution < 1.29 is 34.8 Å². The second kappa shape index (κ2) is 7.22. The average Bonchev–Trinajstić information content (AvgIpc) is 2.93. The van der Waals surface area contributed by atoms with E-state index in [-0.39, 0.29) is 47.7 Å². The van der Waals surface area contributed by atoms with Crippen LogP contribution in [0.1, 0.15) is 65.7 Å². The van der Waals surface area contributed by atoms with Crippen molar-refractivity contribution in [1.29, 1.82) is 0 Å². The molecule has 0 saturated heterocycles. The van der Waals surface area contributed by atoms with Crippen molar-refractivity contribution in [2.75, 3.05) is 0 Å². The Morgan fingerprint density at radius 1 is 1.26 bits per heavy atom. The molecule has 0 aromatic rings. The first-order chi connectivity index (χ1) is 14.3. The van der Waals surface area contributed by atoms with Crippen LogP contribution in [0.3, 0.4) is 0 Å². The normalized spacial score (nSPS) is 47.6. The van der Waals surface area contributed by atoms with Crippen LogP contribution in [-0.2, 0) is 14.4 Å². The molecule has 172 valence electrons. The van der Waals surface area contributed by atoms with E-state index in [4.69, 9.17) is 5.11 Å². The van der Waals surface area contributed by atoms with Crippen molar-refractivity contribution in [1.82, 2.24) is 0 Å². The van der Waals surface area contributed by atoms with Crippen molar-refractivity contribution in [3.63, 3.8) is 0 Å². The highest BCUT2D eigenvalue weighted by Crippen LogP contribution is 2.68. The highest BCUT2D eigenvalue weighted by Gasteiger charge is 2.69. The van der Waals surface area contributed by atoms with Crippen LogP contribution in [0.15, 0.2) is 11.6 Å². The summed E-state index contributed by atoms with van der Waals surface area (Å²) < 4.78 is 0. The molecule has 1 unspecified atom stereocenters. The van der Waals surface area contributed by atoms with Gasteiger partial charge >= 0.3 is 5.97 Å². The summed E-state index contributed by atoms with van der Waals surface area (Å²) in [5.74, 6) is -1.82. The Morgan fingerprint density at radius 3 is 2.58 bits per heavy atom. The van der Waals surface area contributed by atoms with E-state index in [9.17, 15) is 29.7 Å². The lowest BCUT2D eigenvalue weighted by Crippen LogP contribution is -2.63. The molecule has 0 radical (unpaired) electrons. The predicted octanol–water partition coefficient (Wildman–Crippen LogP) is 1.87. The number of carbonyl (C=O) groups excluding carboxylic acids is 2. The van der Waals surface area contributed by atoms with Gasteiger partial charge in [0.05, 0.1) is 12.5 Å². The van der Waals surface area contributed by atoms with E-state index in [1.807, 2.05) is 6.92 Å². The lowest BCUT2D eigenvalue weighted by Gasteiger charge is -2.61. The van der Waals surface area contributed by atoms with Gasteiger partial charge in [0.15, 0.2) is 11.6 Å². The third-order valence-corrected chi connectivity index (χ3v) is 9.44. The van der Waals surface area contributed by atoms with Gasteiger partial charge in [-0.15, -0.1) is 0 Å². The van der Waals surface area contributed by atoms with Crippen molar-refractivity contribution in [2.24, 2.45) is 34.5 Å². The topological polar surface area (TPSA) is 132 Å². The Balaban J connectivity index is 1.70. The first-order valence-electron chi connectivity index (χ1n) is 11.4. The fraction of sp³-hybridized carbons (Fsp3) is 0.792. The lowest BCUT2D eigenvalue weighted by molar-refractivity contribution is -0.188. The maximum Gasteiger partial charge on any atom is 0.306 e. The minimum Gasteiger partial charge on any atom is -0.481 e. The molecule has 0 bridgehead atoms. The molecule has 7 nitrogen and oxygen atoms in total. The number of Topliss-reactive ketones (excluding diaryl/α,β-unsaturated/α-hetero) is 1. The highest BCUT2D eigenvalue weighted by molar-refractivity contribution is 5.94. The first-order valence-corrected chi connectivity index (χ1v) is 11.4. The fourth-order valence-corrected chi connectivity index (χ4v) is 8.06.